The van der Waals surface area contributed by atoms with E-state index in [1.165, 1.54) is 11.1 Å². The highest BCUT2D eigenvalue weighted by molar-refractivity contribution is 5.91. The zero-order chi connectivity index (χ0) is 22.3. The molecule has 170 valence electrons. The van der Waals surface area contributed by atoms with Gasteiger partial charge in [0.1, 0.15) is 5.76 Å². The molecule has 2 saturated heterocycles. The molecule has 1 aliphatic carbocycles. The number of carbonyl (C=O) groups is 2. The van der Waals surface area contributed by atoms with E-state index in [1.807, 2.05) is 22.8 Å². The summed E-state index contributed by atoms with van der Waals surface area (Å²) in [6.07, 6.45) is 3.48. The number of piperidine rings is 1. The third kappa shape index (κ3) is 3.85. The molecular weight excluding hydrogens is 402 g/mol. The minimum Gasteiger partial charge on any atom is -0.456 e. The Labute approximate surface area is 190 Å². The Morgan fingerprint density at radius 2 is 1.69 bits per heavy atom. The molecule has 3 heterocycles. The number of benzene rings is 1. The summed E-state index contributed by atoms with van der Waals surface area (Å²) < 4.78 is 5.56. The molecule has 3 aliphatic rings. The predicted octanol–water partition coefficient (Wildman–Crippen LogP) is 3.41. The fourth-order valence-electron chi connectivity index (χ4n) is 5.92. The van der Waals surface area contributed by atoms with E-state index in [0.29, 0.717) is 12.2 Å². The molecule has 6 nitrogen and oxygen atoms in total. The molecule has 0 saturated carbocycles. The van der Waals surface area contributed by atoms with Gasteiger partial charge in [-0.25, -0.2) is 0 Å². The first-order valence-corrected chi connectivity index (χ1v) is 11.9. The highest BCUT2D eigenvalue weighted by Gasteiger charge is 2.46. The number of aryl methyl sites for hydroxylation is 1. The van der Waals surface area contributed by atoms with Gasteiger partial charge >= 0.3 is 0 Å². The number of likely N-dealkylation sites (N-methyl/N-ethyl adjacent to an activating group) is 1. The third-order valence-electron chi connectivity index (χ3n) is 7.85. The first-order chi connectivity index (χ1) is 15.4. The molecule has 2 fully saturated rings. The molecular formula is C26H33N3O3. The van der Waals surface area contributed by atoms with Crippen LogP contribution in [0.25, 0.3) is 0 Å². The van der Waals surface area contributed by atoms with Gasteiger partial charge in [-0.1, -0.05) is 24.3 Å². The van der Waals surface area contributed by atoms with Gasteiger partial charge in [-0.3, -0.25) is 9.59 Å². The quantitative estimate of drug-likeness (QED) is 0.741. The number of nitrogens with zero attached hydrogens (tertiary/aromatic N) is 3. The Kier molecular flexibility index (Phi) is 5.58. The van der Waals surface area contributed by atoms with Crippen molar-refractivity contribution in [1.82, 2.24) is 14.7 Å². The Bertz CT molecular complexity index is 997. The highest BCUT2D eigenvalue weighted by atomic mass is 16.3. The molecule has 0 unspecified atom stereocenters. The number of likely N-dealkylation sites (tertiary alicyclic amines) is 1. The lowest BCUT2D eigenvalue weighted by Gasteiger charge is -2.40. The van der Waals surface area contributed by atoms with Crippen molar-refractivity contribution in [2.24, 2.45) is 0 Å². The SMILES string of the molecule is Cc1ccc(C(=O)N2CCC3(CC2)C[C@H](CC(=O)N2CCN(C)CC2)c2ccccc23)o1. The topological polar surface area (TPSA) is 57.0 Å². The van der Waals surface area contributed by atoms with Gasteiger partial charge in [0.2, 0.25) is 5.91 Å². The van der Waals surface area contributed by atoms with E-state index in [1.54, 1.807) is 6.07 Å². The molecule has 2 aromatic rings. The zero-order valence-electron chi connectivity index (χ0n) is 19.2. The van der Waals surface area contributed by atoms with Crippen LogP contribution in [0.5, 0.6) is 0 Å². The maximum absolute atomic E-state index is 13.1. The van der Waals surface area contributed by atoms with Crippen LogP contribution in [0.4, 0.5) is 0 Å². The Hall–Kier alpha value is -2.60. The molecule has 1 aromatic heterocycles. The fraction of sp³-hybridized carbons (Fsp3) is 0.538. The Morgan fingerprint density at radius 1 is 0.969 bits per heavy atom. The van der Waals surface area contributed by atoms with Crippen molar-refractivity contribution >= 4 is 11.8 Å². The number of piperazine rings is 1. The summed E-state index contributed by atoms with van der Waals surface area (Å²) in [5, 5.41) is 0. The maximum Gasteiger partial charge on any atom is 0.289 e. The lowest BCUT2D eigenvalue weighted by molar-refractivity contribution is -0.133. The minimum absolute atomic E-state index is 0.0129. The zero-order valence-corrected chi connectivity index (χ0v) is 19.2. The van der Waals surface area contributed by atoms with E-state index in [-0.39, 0.29) is 23.1 Å². The fourth-order valence-corrected chi connectivity index (χ4v) is 5.92. The molecule has 1 atom stereocenters. The van der Waals surface area contributed by atoms with Crippen LogP contribution in [0.15, 0.2) is 40.8 Å². The van der Waals surface area contributed by atoms with Crippen LogP contribution < -0.4 is 0 Å². The first kappa shape index (κ1) is 21.3. The van der Waals surface area contributed by atoms with Gasteiger partial charge in [0.25, 0.3) is 5.91 Å². The molecule has 5 rings (SSSR count). The molecule has 2 amide bonds. The standard InChI is InChI=1S/C26H33N3O3/c1-19-7-8-23(32-19)25(31)29-11-9-26(10-12-29)18-20(21-5-3-4-6-22(21)26)17-24(30)28-15-13-27(2)14-16-28/h3-8,20H,9-18H2,1-2H3/t20-/m0/s1. The van der Waals surface area contributed by atoms with Crippen LogP contribution in [0, 0.1) is 6.92 Å². The van der Waals surface area contributed by atoms with Crippen molar-refractivity contribution in [3.63, 3.8) is 0 Å². The number of rotatable bonds is 3. The van der Waals surface area contributed by atoms with Crippen molar-refractivity contribution in [1.29, 1.82) is 0 Å². The van der Waals surface area contributed by atoms with Gasteiger partial charge in [0.05, 0.1) is 0 Å². The number of fused-ring (bicyclic) bond motifs is 2. The van der Waals surface area contributed by atoms with Crippen LogP contribution in [-0.4, -0.2) is 72.8 Å². The summed E-state index contributed by atoms with van der Waals surface area (Å²) in [5.41, 5.74) is 2.81. The van der Waals surface area contributed by atoms with Crippen molar-refractivity contribution < 1.29 is 14.0 Å². The largest absolute Gasteiger partial charge is 0.456 e. The molecule has 0 radical (unpaired) electrons. The highest BCUT2D eigenvalue weighted by Crippen LogP contribution is 2.52. The van der Waals surface area contributed by atoms with E-state index < -0.39 is 0 Å². The van der Waals surface area contributed by atoms with Gasteiger partial charge in [0.15, 0.2) is 5.76 Å². The average molecular weight is 436 g/mol. The molecule has 0 bridgehead atoms. The summed E-state index contributed by atoms with van der Waals surface area (Å²) in [6, 6.07) is 12.3. The van der Waals surface area contributed by atoms with Crippen LogP contribution in [0.2, 0.25) is 0 Å². The lowest BCUT2D eigenvalue weighted by atomic mass is 9.73. The number of carbonyl (C=O) groups excluding carboxylic acids is 2. The summed E-state index contributed by atoms with van der Waals surface area (Å²) in [6.45, 7) is 6.89. The number of furan rings is 1. The Morgan fingerprint density at radius 3 is 2.38 bits per heavy atom. The Balaban J connectivity index is 1.28. The van der Waals surface area contributed by atoms with Gasteiger partial charge in [-0.15, -0.1) is 0 Å². The van der Waals surface area contributed by atoms with Crippen LogP contribution in [0.1, 0.15) is 59.0 Å². The normalized spacial score (nSPS) is 22.9. The molecule has 0 N–H and O–H groups in total. The number of hydrogen-bond donors (Lipinski definition) is 0. The molecule has 2 aliphatic heterocycles. The lowest BCUT2D eigenvalue weighted by Crippen LogP contribution is -2.47. The first-order valence-electron chi connectivity index (χ1n) is 11.9. The summed E-state index contributed by atoms with van der Waals surface area (Å²) in [4.78, 5) is 32.2. The molecule has 6 heteroatoms. The second-order valence-corrected chi connectivity index (χ2v) is 9.86. The van der Waals surface area contributed by atoms with E-state index in [9.17, 15) is 9.59 Å². The number of amides is 2. The summed E-state index contributed by atoms with van der Waals surface area (Å²) >= 11 is 0. The van der Waals surface area contributed by atoms with Crippen molar-refractivity contribution in [2.45, 2.75) is 43.9 Å². The van der Waals surface area contributed by atoms with Crippen molar-refractivity contribution in [3.05, 3.63) is 59.0 Å². The van der Waals surface area contributed by atoms with Gasteiger partial charge in [-0.2, -0.15) is 0 Å². The summed E-state index contributed by atoms with van der Waals surface area (Å²) in [5.74, 6) is 1.74. The summed E-state index contributed by atoms with van der Waals surface area (Å²) in [7, 11) is 2.11. The van der Waals surface area contributed by atoms with E-state index in [0.717, 1.165) is 64.3 Å². The van der Waals surface area contributed by atoms with Gasteiger partial charge in [0, 0.05) is 45.7 Å². The van der Waals surface area contributed by atoms with Crippen LogP contribution >= 0.6 is 0 Å². The number of hydrogen-bond acceptors (Lipinski definition) is 4. The third-order valence-corrected chi connectivity index (χ3v) is 7.85. The van der Waals surface area contributed by atoms with E-state index in [2.05, 4.69) is 36.2 Å². The van der Waals surface area contributed by atoms with Crippen LogP contribution in [0.3, 0.4) is 0 Å². The smallest absolute Gasteiger partial charge is 0.289 e. The molecule has 1 spiro atoms. The van der Waals surface area contributed by atoms with Crippen molar-refractivity contribution in [3.8, 4) is 0 Å². The second kappa shape index (κ2) is 8.39. The monoisotopic (exact) mass is 435 g/mol. The second-order valence-electron chi connectivity index (χ2n) is 9.86. The van der Waals surface area contributed by atoms with Gasteiger partial charge in [-0.05, 0) is 67.8 Å². The average Bonchev–Trinajstić information content (AvgIpc) is 3.36. The van der Waals surface area contributed by atoms with Crippen LogP contribution in [-0.2, 0) is 10.2 Å². The minimum atomic E-state index is -0.0129. The van der Waals surface area contributed by atoms with E-state index in [4.69, 9.17) is 4.42 Å². The van der Waals surface area contributed by atoms with Crippen molar-refractivity contribution in [2.75, 3.05) is 46.3 Å². The van der Waals surface area contributed by atoms with E-state index >= 15 is 0 Å². The molecule has 1 aromatic carbocycles. The molecule has 32 heavy (non-hydrogen) atoms. The predicted molar refractivity (Wildman–Crippen MR) is 123 cm³/mol. The van der Waals surface area contributed by atoms with Gasteiger partial charge < -0.3 is 19.1 Å². The maximum atomic E-state index is 13.1.